The molecule has 0 saturated heterocycles. The molecule has 0 aromatic carbocycles. The Labute approximate surface area is 127 Å². The lowest BCUT2D eigenvalue weighted by Crippen LogP contribution is -2.47. The summed E-state index contributed by atoms with van der Waals surface area (Å²) in [5.41, 5.74) is 0. The van der Waals surface area contributed by atoms with Gasteiger partial charge in [0.25, 0.3) is 0 Å². The van der Waals surface area contributed by atoms with E-state index in [0.29, 0.717) is 0 Å². The van der Waals surface area contributed by atoms with Crippen LogP contribution < -0.4 is 0 Å². The predicted molar refractivity (Wildman–Crippen MR) is 84.0 cm³/mol. The second-order valence-electron chi connectivity index (χ2n) is 4.26. The SMILES string of the molecule is CO[Si](CCCCBr)(CC[Si](OC)(OC)OC)OC. The van der Waals surface area contributed by atoms with E-state index in [2.05, 4.69) is 15.9 Å². The molecule has 0 heterocycles. The molecular weight excluding hydrogens is 348 g/mol. The van der Waals surface area contributed by atoms with Gasteiger partial charge in [-0.05, 0) is 18.5 Å². The van der Waals surface area contributed by atoms with E-state index < -0.39 is 17.4 Å². The summed E-state index contributed by atoms with van der Waals surface area (Å²) in [6.45, 7) is 0. The van der Waals surface area contributed by atoms with Gasteiger partial charge in [-0.15, -0.1) is 0 Å². The van der Waals surface area contributed by atoms with Crippen molar-refractivity contribution in [1.29, 1.82) is 0 Å². The van der Waals surface area contributed by atoms with Gasteiger partial charge >= 0.3 is 17.4 Å². The fourth-order valence-electron chi connectivity index (χ4n) is 2.01. The minimum Gasteiger partial charge on any atom is -0.398 e. The Balaban J connectivity index is 4.55. The number of hydrogen-bond donors (Lipinski definition) is 0. The van der Waals surface area contributed by atoms with Crippen molar-refractivity contribution in [2.45, 2.75) is 31.0 Å². The largest absolute Gasteiger partial charge is 0.500 e. The first-order chi connectivity index (χ1) is 9.07. The first-order valence-corrected chi connectivity index (χ1v) is 11.7. The summed E-state index contributed by atoms with van der Waals surface area (Å²) in [5, 5.41) is 1.01. The maximum atomic E-state index is 5.72. The quantitative estimate of drug-likeness (QED) is 0.298. The number of unbranched alkanes of at least 4 members (excludes halogenated alkanes) is 1. The molecule has 0 aromatic rings. The molecule has 0 spiro atoms. The topological polar surface area (TPSA) is 46.2 Å². The lowest BCUT2D eigenvalue weighted by molar-refractivity contribution is 0.123. The van der Waals surface area contributed by atoms with Crippen LogP contribution in [0.4, 0.5) is 0 Å². The van der Waals surface area contributed by atoms with E-state index in [-0.39, 0.29) is 0 Å². The minimum absolute atomic E-state index is 0.721. The molecule has 116 valence electrons. The van der Waals surface area contributed by atoms with Crippen molar-refractivity contribution in [2.24, 2.45) is 0 Å². The molecule has 0 amide bonds. The molecule has 0 saturated carbocycles. The van der Waals surface area contributed by atoms with E-state index in [9.17, 15) is 0 Å². The molecular formula is C11H27BrO5Si2. The van der Waals surface area contributed by atoms with Crippen LogP contribution in [0.3, 0.4) is 0 Å². The summed E-state index contributed by atoms with van der Waals surface area (Å²) in [7, 11) is 3.66. The maximum Gasteiger partial charge on any atom is 0.500 e. The third kappa shape index (κ3) is 6.34. The summed E-state index contributed by atoms with van der Waals surface area (Å²) in [4.78, 5) is 0. The van der Waals surface area contributed by atoms with Gasteiger partial charge in [0.15, 0.2) is 0 Å². The van der Waals surface area contributed by atoms with E-state index in [1.54, 1.807) is 35.5 Å². The van der Waals surface area contributed by atoms with Gasteiger partial charge in [-0.2, -0.15) is 0 Å². The van der Waals surface area contributed by atoms with Crippen LogP contribution in [0, 0.1) is 0 Å². The van der Waals surface area contributed by atoms with Gasteiger partial charge in [-0.3, -0.25) is 0 Å². The van der Waals surface area contributed by atoms with Crippen LogP contribution in [-0.2, 0) is 22.1 Å². The zero-order chi connectivity index (χ0) is 14.8. The molecule has 0 atom stereocenters. The highest BCUT2D eigenvalue weighted by molar-refractivity contribution is 9.09. The van der Waals surface area contributed by atoms with Crippen molar-refractivity contribution in [1.82, 2.24) is 0 Å². The summed E-state index contributed by atoms with van der Waals surface area (Å²) in [6.07, 6.45) is 2.23. The third-order valence-electron chi connectivity index (χ3n) is 3.43. The van der Waals surface area contributed by atoms with Gasteiger partial charge in [0.1, 0.15) is 0 Å². The van der Waals surface area contributed by atoms with Crippen molar-refractivity contribution >= 4 is 33.3 Å². The smallest absolute Gasteiger partial charge is 0.398 e. The van der Waals surface area contributed by atoms with E-state index in [1.807, 2.05) is 0 Å². The summed E-state index contributed by atoms with van der Waals surface area (Å²) < 4.78 is 27.8. The zero-order valence-electron chi connectivity index (χ0n) is 12.7. The Bertz CT molecular complexity index is 217. The molecule has 8 heteroatoms. The minimum atomic E-state index is -2.54. The first-order valence-electron chi connectivity index (χ1n) is 6.39. The van der Waals surface area contributed by atoms with Crippen LogP contribution in [-0.4, -0.2) is 58.2 Å². The molecule has 19 heavy (non-hydrogen) atoms. The van der Waals surface area contributed by atoms with Crippen molar-refractivity contribution in [3.63, 3.8) is 0 Å². The van der Waals surface area contributed by atoms with Crippen LogP contribution in [0.25, 0.3) is 0 Å². The van der Waals surface area contributed by atoms with Gasteiger partial charge in [0.05, 0.1) is 0 Å². The highest BCUT2D eigenvalue weighted by Crippen LogP contribution is 2.27. The molecule has 0 radical (unpaired) electrons. The van der Waals surface area contributed by atoms with E-state index in [4.69, 9.17) is 22.1 Å². The van der Waals surface area contributed by atoms with Gasteiger partial charge in [0.2, 0.25) is 0 Å². The monoisotopic (exact) mass is 374 g/mol. The molecule has 0 N–H and O–H groups in total. The Hall–Kier alpha value is 0.714. The molecule has 0 bridgehead atoms. The summed E-state index contributed by atoms with van der Waals surface area (Å²) >= 11 is 3.45. The van der Waals surface area contributed by atoms with Crippen molar-refractivity contribution in [3.8, 4) is 0 Å². The van der Waals surface area contributed by atoms with Crippen LogP contribution >= 0.6 is 15.9 Å². The highest BCUT2D eigenvalue weighted by atomic mass is 79.9. The average Bonchev–Trinajstić information content (AvgIpc) is 2.47. The Morgan fingerprint density at radius 1 is 0.684 bits per heavy atom. The second-order valence-corrected chi connectivity index (χ2v) is 11.8. The number of hydrogen-bond acceptors (Lipinski definition) is 5. The average molecular weight is 375 g/mol. The molecule has 0 aliphatic heterocycles. The Morgan fingerprint density at radius 2 is 1.21 bits per heavy atom. The molecule has 5 nitrogen and oxygen atoms in total. The van der Waals surface area contributed by atoms with Crippen molar-refractivity contribution in [2.75, 3.05) is 40.9 Å². The van der Waals surface area contributed by atoms with Gasteiger partial charge in [-0.1, -0.05) is 22.4 Å². The molecule has 0 unspecified atom stereocenters. The highest BCUT2D eigenvalue weighted by Gasteiger charge is 2.44. The van der Waals surface area contributed by atoms with E-state index in [0.717, 1.165) is 36.3 Å². The zero-order valence-corrected chi connectivity index (χ0v) is 16.2. The Morgan fingerprint density at radius 3 is 1.58 bits per heavy atom. The maximum absolute atomic E-state index is 5.72. The fraction of sp³-hybridized carbons (Fsp3) is 1.00. The number of halogens is 1. The normalized spacial score (nSPS) is 12.9. The second kappa shape index (κ2) is 10.4. The van der Waals surface area contributed by atoms with Gasteiger partial charge in [-0.25, -0.2) is 0 Å². The molecule has 0 aromatic heterocycles. The first kappa shape index (κ1) is 19.7. The predicted octanol–water partition coefficient (Wildman–Crippen LogP) is 2.77. The van der Waals surface area contributed by atoms with Crippen LogP contribution in [0.5, 0.6) is 0 Å². The molecule has 0 aliphatic rings. The van der Waals surface area contributed by atoms with E-state index in [1.165, 1.54) is 0 Å². The fourth-order valence-corrected chi connectivity index (χ4v) is 8.28. The molecule has 0 rings (SSSR count). The molecule has 0 fully saturated rings. The summed E-state index contributed by atoms with van der Waals surface area (Å²) in [6, 6.07) is 2.52. The lowest BCUT2D eigenvalue weighted by atomic mass is 10.4. The molecule has 0 aliphatic carbocycles. The lowest BCUT2D eigenvalue weighted by Gasteiger charge is -2.31. The van der Waals surface area contributed by atoms with Crippen LogP contribution in [0.2, 0.25) is 18.1 Å². The van der Waals surface area contributed by atoms with Crippen LogP contribution in [0.1, 0.15) is 12.8 Å². The third-order valence-corrected chi connectivity index (χ3v) is 10.8. The van der Waals surface area contributed by atoms with Gasteiger partial charge < -0.3 is 22.1 Å². The van der Waals surface area contributed by atoms with Crippen LogP contribution in [0.15, 0.2) is 0 Å². The van der Waals surface area contributed by atoms with Crippen molar-refractivity contribution in [3.05, 3.63) is 0 Å². The number of rotatable bonds is 12. The Kier molecular flexibility index (Phi) is 10.8. The standard InChI is InChI=1S/C11H27BrO5Si2/c1-13-18(14-2,9-7-6-8-12)10-11-19(15-3,16-4)17-5/h6-11H2,1-5H3. The van der Waals surface area contributed by atoms with Gasteiger partial charge in [0, 0.05) is 46.9 Å². The number of alkyl halides is 1. The van der Waals surface area contributed by atoms with Crippen molar-refractivity contribution < 1.29 is 22.1 Å². The summed E-state index contributed by atoms with van der Waals surface area (Å²) in [5.74, 6) is 0. The van der Waals surface area contributed by atoms with E-state index >= 15 is 0 Å².